The smallest absolute Gasteiger partial charge is 0.348 e. The maximum Gasteiger partial charge on any atom is 0.348 e. The normalized spacial score (nSPS) is 22.2. The van der Waals surface area contributed by atoms with Gasteiger partial charge in [0.1, 0.15) is 16.3 Å². The molecule has 0 aliphatic carbocycles. The van der Waals surface area contributed by atoms with E-state index in [0.717, 1.165) is 24.4 Å². The number of nitrogens with zero attached hydrogens (tertiary/aromatic N) is 1. The van der Waals surface area contributed by atoms with Gasteiger partial charge in [-0.15, -0.1) is 11.3 Å². The lowest BCUT2D eigenvalue weighted by molar-refractivity contribution is -0.926. The van der Waals surface area contributed by atoms with Gasteiger partial charge in [-0.2, -0.15) is 0 Å². The predicted molar refractivity (Wildman–Crippen MR) is 105 cm³/mol. The second kappa shape index (κ2) is 8.40. The molecule has 0 bridgehead atoms. The first-order valence-corrected chi connectivity index (χ1v) is 10.2. The lowest BCUT2D eigenvalue weighted by Crippen LogP contribution is -3.13. The van der Waals surface area contributed by atoms with Crippen molar-refractivity contribution in [1.29, 1.82) is 0 Å². The zero-order chi connectivity index (χ0) is 20.4. The number of piperidine rings is 1. The van der Waals surface area contributed by atoms with Crippen LogP contribution in [-0.4, -0.2) is 49.2 Å². The number of thiophene rings is 1. The van der Waals surface area contributed by atoms with E-state index in [0.29, 0.717) is 34.6 Å². The van der Waals surface area contributed by atoms with Crippen LogP contribution >= 0.6 is 11.3 Å². The first-order chi connectivity index (χ1) is 13.3. The number of nitrogens with one attached hydrogen (secondary N) is 2. The quantitative estimate of drug-likeness (QED) is 0.701. The zero-order valence-electron chi connectivity index (χ0n) is 16.6. The summed E-state index contributed by atoms with van der Waals surface area (Å²) in [6.45, 7) is 7.19. The molecule has 0 saturated carbocycles. The Kier molecular flexibility index (Phi) is 6.14. The molecule has 1 aliphatic heterocycles. The number of ether oxygens (including phenoxy) is 2. The fraction of sp³-hybridized carbons (Fsp3) is 0.579. The van der Waals surface area contributed by atoms with Gasteiger partial charge in [0.2, 0.25) is 0 Å². The number of rotatable bonds is 5. The van der Waals surface area contributed by atoms with Crippen molar-refractivity contribution in [2.24, 2.45) is 11.8 Å². The predicted octanol–water partition coefficient (Wildman–Crippen LogP) is 0.548. The van der Waals surface area contributed by atoms with Gasteiger partial charge in [-0.1, -0.05) is 13.8 Å². The molecule has 1 fully saturated rings. The lowest BCUT2D eigenvalue weighted by atomic mass is 9.92. The molecule has 0 aromatic carbocycles. The molecule has 28 heavy (non-hydrogen) atoms. The SMILES string of the molecule is COC(=O)Cc1c(C(=O)OC)sc2nc(C[NH+]3C[C@@H](C)C[C@H](C)C3)[nH]c(=O)c12. The highest BCUT2D eigenvalue weighted by atomic mass is 32.1. The van der Waals surface area contributed by atoms with Crippen molar-refractivity contribution in [1.82, 2.24) is 9.97 Å². The maximum atomic E-state index is 12.8. The molecule has 152 valence electrons. The van der Waals surface area contributed by atoms with Crippen LogP contribution in [0.25, 0.3) is 10.2 Å². The Morgan fingerprint density at radius 3 is 2.50 bits per heavy atom. The van der Waals surface area contributed by atoms with Crippen LogP contribution in [0, 0.1) is 11.8 Å². The summed E-state index contributed by atoms with van der Waals surface area (Å²) in [6.07, 6.45) is 1.04. The van der Waals surface area contributed by atoms with Crippen molar-refractivity contribution in [3.05, 3.63) is 26.6 Å². The van der Waals surface area contributed by atoms with E-state index in [9.17, 15) is 14.4 Å². The van der Waals surface area contributed by atoms with E-state index in [1.165, 1.54) is 25.5 Å². The number of carbonyl (C=O) groups excluding carboxylic acids is 2. The lowest BCUT2D eigenvalue weighted by Gasteiger charge is -2.31. The number of carbonyl (C=O) groups is 2. The molecule has 1 saturated heterocycles. The Morgan fingerprint density at radius 2 is 1.89 bits per heavy atom. The number of methoxy groups -OCH3 is 2. The summed E-state index contributed by atoms with van der Waals surface area (Å²) < 4.78 is 9.51. The minimum atomic E-state index is -0.591. The second-order valence-corrected chi connectivity index (χ2v) is 8.63. The number of H-pyrrole nitrogens is 1. The molecule has 2 aromatic heterocycles. The number of hydrogen-bond acceptors (Lipinski definition) is 7. The summed E-state index contributed by atoms with van der Waals surface area (Å²) in [5, 5.41) is 0.259. The Labute approximate surface area is 166 Å². The third-order valence-electron chi connectivity index (χ3n) is 5.13. The molecule has 2 aromatic rings. The Balaban J connectivity index is 1.99. The minimum Gasteiger partial charge on any atom is -0.469 e. The molecular weight excluding hydrogens is 382 g/mol. The third-order valence-corrected chi connectivity index (χ3v) is 6.23. The molecule has 0 unspecified atom stereocenters. The monoisotopic (exact) mass is 408 g/mol. The first-order valence-electron chi connectivity index (χ1n) is 9.35. The van der Waals surface area contributed by atoms with Gasteiger partial charge < -0.3 is 19.4 Å². The number of aromatic amines is 1. The summed E-state index contributed by atoms with van der Waals surface area (Å²) in [5.41, 5.74) is -0.0330. The van der Waals surface area contributed by atoms with E-state index in [-0.39, 0.29) is 22.2 Å². The standard InChI is InChI=1S/C19H25N3O5S/c1-10-5-11(2)8-22(7-10)9-13-20-17(24)15-12(6-14(23)26-3)16(19(25)27-4)28-18(15)21-13/h10-11H,5-9H2,1-4H3,(H,20,21,24)/p+1/t10-,11-/m0/s1. The van der Waals surface area contributed by atoms with Crippen molar-refractivity contribution in [3.63, 3.8) is 0 Å². The topological polar surface area (TPSA) is 103 Å². The van der Waals surface area contributed by atoms with Crippen LogP contribution in [0.3, 0.4) is 0 Å². The molecule has 2 N–H and O–H groups in total. The molecule has 0 amide bonds. The number of esters is 2. The number of quaternary nitrogens is 1. The average Bonchev–Trinajstić information content (AvgIpc) is 2.98. The van der Waals surface area contributed by atoms with Crippen LogP contribution < -0.4 is 10.5 Å². The summed E-state index contributed by atoms with van der Waals surface area (Å²) in [7, 11) is 2.53. The third kappa shape index (κ3) is 4.25. The van der Waals surface area contributed by atoms with Gasteiger partial charge in [0.25, 0.3) is 5.56 Å². The first kappa shape index (κ1) is 20.5. The van der Waals surface area contributed by atoms with Crippen molar-refractivity contribution >= 4 is 33.5 Å². The van der Waals surface area contributed by atoms with Crippen LogP contribution in [0.2, 0.25) is 0 Å². The van der Waals surface area contributed by atoms with Gasteiger partial charge >= 0.3 is 11.9 Å². The van der Waals surface area contributed by atoms with Crippen molar-refractivity contribution in [2.45, 2.75) is 33.2 Å². The van der Waals surface area contributed by atoms with Crippen molar-refractivity contribution in [3.8, 4) is 0 Å². The molecule has 0 radical (unpaired) electrons. The highest BCUT2D eigenvalue weighted by Gasteiger charge is 2.28. The maximum absolute atomic E-state index is 12.8. The van der Waals surface area contributed by atoms with E-state index < -0.39 is 11.9 Å². The van der Waals surface area contributed by atoms with E-state index in [4.69, 9.17) is 9.47 Å². The summed E-state index contributed by atoms with van der Waals surface area (Å²) in [5.74, 6) is 0.736. The van der Waals surface area contributed by atoms with E-state index in [1.54, 1.807) is 0 Å². The highest BCUT2D eigenvalue weighted by molar-refractivity contribution is 7.20. The molecule has 9 heteroatoms. The fourth-order valence-corrected chi connectivity index (χ4v) is 5.27. The second-order valence-electron chi connectivity index (χ2n) is 7.63. The van der Waals surface area contributed by atoms with Crippen molar-refractivity contribution in [2.75, 3.05) is 27.3 Å². The number of likely N-dealkylation sites (tertiary alicyclic amines) is 1. The minimum absolute atomic E-state index is 0.183. The van der Waals surface area contributed by atoms with Gasteiger partial charge in [0, 0.05) is 17.4 Å². The highest BCUT2D eigenvalue weighted by Crippen LogP contribution is 2.29. The van der Waals surface area contributed by atoms with Crippen LogP contribution in [0.15, 0.2) is 4.79 Å². The Bertz CT molecular complexity index is 941. The van der Waals surface area contributed by atoms with Crippen LogP contribution in [0.5, 0.6) is 0 Å². The Hall–Kier alpha value is -2.26. The molecule has 1 aliphatic rings. The molecule has 3 heterocycles. The fourth-order valence-electron chi connectivity index (χ4n) is 4.14. The van der Waals surface area contributed by atoms with E-state index >= 15 is 0 Å². The number of aromatic nitrogens is 2. The van der Waals surface area contributed by atoms with Crippen LogP contribution in [-0.2, 0) is 27.2 Å². The molecule has 8 nitrogen and oxygen atoms in total. The summed E-state index contributed by atoms with van der Waals surface area (Å²) in [4.78, 5) is 46.2. The number of hydrogen-bond donors (Lipinski definition) is 2. The molecule has 2 atom stereocenters. The van der Waals surface area contributed by atoms with Gasteiger partial charge in [-0.05, 0) is 6.42 Å². The Morgan fingerprint density at radius 1 is 1.21 bits per heavy atom. The molecular formula is C19H26N3O5S+. The van der Waals surface area contributed by atoms with Gasteiger partial charge in [0.15, 0.2) is 5.82 Å². The van der Waals surface area contributed by atoms with Gasteiger partial charge in [-0.25, -0.2) is 9.78 Å². The van der Waals surface area contributed by atoms with Crippen LogP contribution in [0.1, 0.15) is 41.3 Å². The number of fused-ring (bicyclic) bond motifs is 1. The van der Waals surface area contributed by atoms with E-state index in [1.807, 2.05) is 0 Å². The molecule has 3 rings (SSSR count). The summed E-state index contributed by atoms with van der Waals surface area (Å²) in [6, 6.07) is 0. The van der Waals surface area contributed by atoms with Gasteiger partial charge in [-0.3, -0.25) is 9.59 Å². The average molecular weight is 409 g/mol. The van der Waals surface area contributed by atoms with Gasteiger partial charge in [0.05, 0.1) is 39.1 Å². The van der Waals surface area contributed by atoms with E-state index in [2.05, 4.69) is 23.8 Å². The zero-order valence-corrected chi connectivity index (χ0v) is 17.4. The largest absolute Gasteiger partial charge is 0.469 e. The van der Waals surface area contributed by atoms with Crippen LogP contribution in [0.4, 0.5) is 0 Å². The van der Waals surface area contributed by atoms with Crippen molar-refractivity contribution < 1.29 is 24.0 Å². The summed E-state index contributed by atoms with van der Waals surface area (Å²) >= 11 is 1.08. The molecule has 0 spiro atoms.